The van der Waals surface area contributed by atoms with Crippen molar-refractivity contribution in [2.24, 2.45) is 7.05 Å². The number of carboxylic acid groups (broad SMARTS) is 1. The van der Waals surface area contributed by atoms with E-state index < -0.39 is 5.97 Å². The van der Waals surface area contributed by atoms with Gasteiger partial charge in [0.15, 0.2) is 0 Å². The van der Waals surface area contributed by atoms with Crippen LogP contribution in [0.4, 0.5) is 0 Å². The Bertz CT molecular complexity index is 558. The van der Waals surface area contributed by atoms with Crippen LogP contribution < -0.4 is 0 Å². The molecule has 96 valence electrons. The lowest BCUT2D eigenvalue weighted by Gasteiger charge is -1.97. The summed E-state index contributed by atoms with van der Waals surface area (Å²) in [5.41, 5.74) is 2.73. The van der Waals surface area contributed by atoms with Gasteiger partial charge in [-0.25, -0.2) is 0 Å². The highest BCUT2D eigenvalue weighted by molar-refractivity contribution is 5.66. The summed E-state index contributed by atoms with van der Waals surface area (Å²) in [6, 6.07) is 0. The van der Waals surface area contributed by atoms with Crippen LogP contribution >= 0.6 is 0 Å². The minimum atomic E-state index is -0.793. The number of aromatic nitrogens is 5. The molecule has 2 rings (SSSR count). The summed E-state index contributed by atoms with van der Waals surface area (Å²) < 4.78 is 3.43. The average Bonchev–Trinajstić information content (AvgIpc) is 2.88. The lowest BCUT2D eigenvalue weighted by molar-refractivity contribution is -0.137. The summed E-state index contributed by atoms with van der Waals surface area (Å²) in [5, 5.41) is 20.8. The lowest BCUT2D eigenvalue weighted by atomic mass is 10.2. The molecule has 18 heavy (non-hydrogen) atoms. The summed E-state index contributed by atoms with van der Waals surface area (Å²) >= 11 is 0. The molecule has 0 aliphatic heterocycles. The number of carboxylic acids is 1. The van der Waals surface area contributed by atoms with Crippen LogP contribution in [-0.2, 0) is 18.4 Å². The van der Waals surface area contributed by atoms with Gasteiger partial charge in [0.1, 0.15) is 5.69 Å². The molecule has 0 aromatic carbocycles. The van der Waals surface area contributed by atoms with Gasteiger partial charge in [0, 0.05) is 31.3 Å². The van der Waals surface area contributed by atoms with E-state index in [-0.39, 0.29) is 6.42 Å². The van der Waals surface area contributed by atoms with Gasteiger partial charge in [0.25, 0.3) is 0 Å². The topological polar surface area (TPSA) is 85.8 Å². The van der Waals surface area contributed by atoms with Gasteiger partial charge in [-0.05, 0) is 13.3 Å². The van der Waals surface area contributed by atoms with Crippen molar-refractivity contribution in [3.8, 4) is 11.3 Å². The zero-order valence-electron chi connectivity index (χ0n) is 10.4. The molecule has 0 aliphatic carbocycles. The van der Waals surface area contributed by atoms with Gasteiger partial charge >= 0.3 is 5.97 Å². The molecule has 0 unspecified atom stereocenters. The van der Waals surface area contributed by atoms with E-state index in [0.717, 1.165) is 17.0 Å². The van der Waals surface area contributed by atoms with E-state index >= 15 is 0 Å². The third-order valence-electron chi connectivity index (χ3n) is 2.83. The monoisotopic (exact) mass is 249 g/mol. The Kier molecular flexibility index (Phi) is 3.40. The molecule has 0 saturated carbocycles. The highest BCUT2D eigenvalue weighted by Crippen LogP contribution is 2.19. The van der Waals surface area contributed by atoms with Crippen LogP contribution in [0.3, 0.4) is 0 Å². The summed E-state index contributed by atoms with van der Waals surface area (Å²) in [6.07, 6.45) is 4.25. The zero-order chi connectivity index (χ0) is 13.1. The van der Waals surface area contributed by atoms with Crippen LogP contribution in [0, 0.1) is 6.92 Å². The first-order chi connectivity index (χ1) is 8.58. The zero-order valence-corrected chi connectivity index (χ0v) is 10.4. The van der Waals surface area contributed by atoms with Gasteiger partial charge in [0.2, 0.25) is 0 Å². The number of aryl methyl sites for hydroxylation is 2. The highest BCUT2D eigenvalue weighted by atomic mass is 16.4. The van der Waals surface area contributed by atoms with Crippen molar-refractivity contribution in [3.63, 3.8) is 0 Å². The number of nitrogens with zero attached hydrogens (tertiary/aromatic N) is 5. The molecule has 2 heterocycles. The Hall–Kier alpha value is -2.18. The van der Waals surface area contributed by atoms with Crippen molar-refractivity contribution >= 4 is 5.97 Å². The van der Waals surface area contributed by atoms with Crippen LogP contribution in [-0.4, -0.2) is 35.9 Å². The van der Waals surface area contributed by atoms with Crippen molar-refractivity contribution in [3.05, 3.63) is 18.1 Å². The lowest BCUT2D eigenvalue weighted by Crippen LogP contribution is -2.02. The summed E-state index contributed by atoms with van der Waals surface area (Å²) in [7, 11) is 1.87. The van der Waals surface area contributed by atoms with Gasteiger partial charge in [-0.15, -0.1) is 5.10 Å². The smallest absolute Gasteiger partial charge is 0.303 e. The fraction of sp³-hybridized carbons (Fsp3) is 0.455. The van der Waals surface area contributed by atoms with Crippen molar-refractivity contribution in [1.29, 1.82) is 0 Å². The Morgan fingerprint density at radius 1 is 1.50 bits per heavy atom. The Morgan fingerprint density at radius 2 is 2.28 bits per heavy atom. The predicted octanol–water partition coefficient (Wildman–Crippen LogP) is 0.852. The maximum atomic E-state index is 10.4. The largest absolute Gasteiger partial charge is 0.481 e. The van der Waals surface area contributed by atoms with Crippen LogP contribution in [0.2, 0.25) is 0 Å². The first-order valence-corrected chi connectivity index (χ1v) is 5.69. The molecule has 0 amide bonds. The van der Waals surface area contributed by atoms with Crippen LogP contribution in [0.25, 0.3) is 11.3 Å². The van der Waals surface area contributed by atoms with Gasteiger partial charge < -0.3 is 5.11 Å². The molecule has 0 spiro atoms. The molecule has 0 saturated heterocycles. The van der Waals surface area contributed by atoms with Crippen molar-refractivity contribution in [1.82, 2.24) is 24.8 Å². The van der Waals surface area contributed by atoms with Crippen molar-refractivity contribution in [2.45, 2.75) is 26.3 Å². The molecule has 0 bridgehead atoms. The maximum Gasteiger partial charge on any atom is 0.303 e. The molecule has 0 fully saturated rings. The minimum Gasteiger partial charge on any atom is -0.481 e. The molecule has 0 atom stereocenters. The summed E-state index contributed by atoms with van der Waals surface area (Å²) in [6.45, 7) is 2.52. The second kappa shape index (κ2) is 4.99. The van der Waals surface area contributed by atoms with Crippen molar-refractivity contribution < 1.29 is 9.90 Å². The number of hydrogen-bond acceptors (Lipinski definition) is 4. The predicted molar refractivity (Wildman–Crippen MR) is 63.8 cm³/mol. The van der Waals surface area contributed by atoms with Gasteiger partial charge in [-0.1, -0.05) is 5.21 Å². The first-order valence-electron chi connectivity index (χ1n) is 5.69. The molecule has 0 aliphatic rings. The van der Waals surface area contributed by atoms with E-state index in [1.54, 1.807) is 15.6 Å². The number of hydrogen-bond donors (Lipinski definition) is 1. The normalized spacial score (nSPS) is 10.8. The Labute approximate surface area is 104 Å². The molecule has 2 aromatic rings. The van der Waals surface area contributed by atoms with E-state index in [2.05, 4.69) is 15.4 Å². The molecule has 0 radical (unpaired) electrons. The van der Waals surface area contributed by atoms with Gasteiger partial charge in [-0.2, -0.15) is 5.10 Å². The van der Waals surface area contributed by atoms with E-state index in [1.807, 2.05) is 20.2 Å². The highest BCUT2D eigenvalue weighted by Gasteiger charge is 2.10. The number of rotatable bonds is 5. The fourth-order valence-electron chi connectivity index (χ4n) is 1.67. The summed E-state index contributed by atoms with van der Waals surface area (Å²) in [5.74, 6) is -0.793. The maximum absolute atomic E-state index is 10.4. The second-order valence-electron chi connectivity index (χ2n) is 4.13. The summed E-state index contributed by atoms with van der Waals surface area (Å²) in [4.78, 5) is 10.4. The van der Waals surface area contributed by atoms with E-state index in [0.29, 0.717) is 13.0 Å². The number of carbonyl (C=O) groups is 1. The third-order valence-corrected chi connectivity index (χ3v) is 2.83. The van der Waals surface area contributed by atoms with Crippen LogP contribution in [0.1, 0.15) is 18.5 Å². The number of aliphatic carboxylic acids is 1. The molecule has 2 aromatic heterocycles. The standard InChI is InChI=1S/C11H15N5O2/c1-8-9(6-12-15(8)2)10-7-16(14-13-10)5-3-4-11(17)18/h6-7H,3-5H2,1-2H3,(H,17,18). The molecule has 7 heteroatoms. The average molecular weight is 249 g/mol. The fourth-order valence-corrected chi connectivity index (χ4v) is 1.67. The second-order valence-corrected chi connectivity index (χ2v) is 4.13. The quantitative estimate of drug-likeness (QED) is 0.849. The first kappa shape index (κ1) is 12.3. The molecule has 7 nitrogen and oxygen atoms in total. The van der Waals surface area contributed by atoms with Crippen LogP contribution in [0.5, 0.6) is 0 Å². The SMILES string of the molecule is Cc1c(-c2cn(CCCC(=O)O)nn2)cnn1C. The van der Waals surface area contributed by atoms with Crippen LogP contribution in [0.15, 0.2) is 12.4 Å². The van der Waals surface area contributed by atoms with E-state index in [1.165, 1.54) is 0 Å². The molecular formula is C11H15N5O2. The van der Waals surface area contributed by atoms with E-state index in [4.69, 9.17) is 5.11 Å². The van der Waals surface area contributed by atoms with Gasteiger partial charge in [0.05, 0.1) is 12.4 Å². The van der Waals surface area contributed by atoms with Gasteiger partial charge in [-0.3, -0.25) is 14.2 Å². The minimum absolute atomic E-state index is 0.140. The molecule has 1 N–H and O–H groups in total. The van der Waals surface area contributed by atoms with Crippen molar-refractivity contribution in [2.75, 3.05) is 0 Å². The molecular weight excluding hydrogens is 234 g/mol. The Balaban J connectivity index is 2.06. The van der Waals surface area contributed by atoms with E-state index in [9.17, 15) is 4.79 Å². The third kappa shape index (κ3) is 2.55. The Morgan fingerprint density at radius 3 is 2.89 bits per heavy atom.